The van der Waals surface area contributed by atoms with Gasteiger partial charge in [0.1, 0.15) is 22.8 Å². The molecule has 5 rings (SSSR count). The number of rotatable bonds is 12. The molecule has 8 nitrogen and oxygen atoms in total. The van der Waals surface area contributed by atoms with Crippen LogP contribution in [-0.4, -0.2) is 50.1 Å². The van der Waals surface area contributed by atoms with Crippen LogP contribution in [0, 0.1) is 0 Å². The van der Waals surface area contributed by atoms with Gasteiger partial charge in [-0.15, -0.1) is 18.3 Å². The Labute approximate surface area is 281 Å². The average Bonchev–Trinajstić information content (AvgIpc) is 3.67. The van der Waals surface area contributed by atoms with Gasteiger partial charge in [-0.2, -0.15) is 0 Å². The number of hydrogen-bond donors (Lipinski definition) is 0. The third kappa shape index (κ3) is 8.98. The van der Waals surface area contributed by atoms with E-state index in [1.165, 1.54) is 47.0 Å². The van der Waals surface area contributed by atoms with Crippen LogP contribution in [0.2, 0.25) is 0 Å². The van der Waals surface area contributed by atoms with Crippen molar-refractivity contribution in [2.45, 2.75) is 58.2 Å². The van der Waals surface area contributed by atoms with E-state index in [1.54, 1.807) is 12.0 Å². The molecule has 1 aliphatic heterocycles. The molecule has 1 aromatic heterocycles. The predicted octanol–water partition coefficient (Wildman–Crippen LogP) is 8.53. The molecule has 0 radical (unpaired) electrons. The van der Waals surface area contributed by atoms with E-state index in [1.807, 2.05) is 36.4 Å². The second kappa shape index (κ2) is 15.1. The molecule has 1 aliphatic rings. The molecule has 0 saturated carbocycles. The molecule has 1 amide bonds. The minimum absolute atomic E-state index is 0.0236. The molecule has 246 valence electrons. The lowest BCUT2D eigenvalue weighted by Gasteiger charge is -2.22. The first-order valence-electron chi connectivity index (χ1n) is 15.1. The van der Waals surface area contributed by atoms with Gasteiger partial charge in [-0.25, -0.2) is 14.7 Å². The zero-order valence-electron chi connectivity index (χ0n) is 26.2. The second-order valence-electron chi connectivity index (χ2n) is 11.2. The summed E-state index contributed by atoms with van der Waals surface area (Å²) in [5.41, 5.74) is 4.38. The SMILES string of the molecule is COc1ccc(C(C)C)c(N2C(=O)CSC2=NC(=S)CCCCCc2cccc(-c3ncn(-c4ccc(OC(F)(F)F)cc4)n3)c2)c1. The van der Waals surface area contributed by atoms with Gasteiger partial charge in [-0.3, -0.25) is 9.69 Å². The van der Waals surface area contributed by atoms with Crippen LogP contribution >= 0.6 is 24.0 Å². The number of amidine groups is 1. The van der Waals surface area contributed by atoms with Gasteiger partial charge in [0.25, 0.3) is 0 Å². The molecular formula is C34H34F3N5O3S2. The molecular weight excluding hydrogens is 648 g/mol. The fourth-order valence-corrected chi connectivity index (χ4v) is 6.32. The minimum atomic E-state index is -4.75. The van der Waals surface area contributed by atoms with E-state index in [0.29, 0.717) is 39.6 Å². The van der Waals surface area contributed by atoms with Crippen molar-refractivity contribution in [2.24, 2.45) is 4.99 Å². The van der Waals surface area contributed by atoms with E-state index in [2.05, 4.69) is 34.7 Å². The number of hydrogen-bond acceptors (Lipinski definition) is 7. The van der Waals surface area contributed by atoms with Gasteiger partial charge >= 0.3 is 6.36 Å². The van der Waals surface area contributed by atoms with Crippen molar-refractivity contribution >= 4 is 45.7 Å². The summed E-state index contributed by atoms with van der Waals surface area (Å²) in [5.74, 6) is 1.40. The molecule has 0 unspecified atom stereocenters. The highest BCUT2D eigenvalue weighted by Crippen LogP contribution is 2.36. The fraction of sp³-hybridized carbons (Fsp3) is 0.324. The summed E-state index contributed by atoms with van der Waals surface area (Å²) in [6.07, 6.45) is 1.09. The zero-order chi connectivity index (χ0) is 33.6. The minimum Gasteiger partial charge on any atom is -0.497 e. The number of thioether (sulfide) groups is 1. The number of carbonyl (C=O) groups is 1. The Bertz CT molecular complexity index is 1760. The van der Waals surface area contributed by atoms with Gasteiger partial charge in [-0.05, 0) is 72.7 Å². The highest BCUT2D eigenvalue weighted by Gasteiger charge is 2.32. The molecule has 1 fully saturated rings. The van der Waals surface area contributed by atoms with Crippen molar-refractivity contribution < 1.29 is 27.4 Å². The van der Waals surface area contributed by atoms with Crippen LogP contribution in [0.25, 0.3) is 17.1 Å². The van der Waals surface area contributed by atoms with Crippen LogP contribution < -0.4 is 14.4 Å². The molecule has 13 heteroatoms. The van der Waals surface area contributed by atoms with Crippen LogP contribution in [0.4, 0.5) is 18.9 Å². The molecule has 0 atom stereocenters. The van der Waals surface area contributed by atoms with Gasteiger partial charge in [0.2, 0.25) is 5.91 Å². The summed E-state index contributed by atoms with van der Waals surface area (Å²) < 4.78 is 48.2. The number of halogens is 3. The number of amides is 1. The summed E-state index contributed by atoms with van der Waals surface area (Å²) in [5, 5.41) is 5.11. The first-order valence-corrected chi connectivity index (χ1v) is 16.5. The zero-order valence-corrected chi connectivity index (χ0v) is 27.8. The fourth-order valence-electron chi connectivity index (χ4n) is 5.14. The summed E-state index contributed by atoms with van der Waals surface area (Å²) in [6, 6.07) is 19.2. The lowest BCUT2D eigenvalue weighted by Crippen LogP contribution is -2.31. The number of benzene rings is 3. The van der Waals surface area contributed by atoms with Crippen LogP contribution in [-0.2, 0) is 11.2 Å². The number of unbranched alkanes of at least 4 members (excludes halogenated alkanes) is 2. The van der Waals surface area contributed by atoms with Crippen LogP contribution in [0.3, 0.4) is 0 Å². The summed E-state index contributed by atoms with van der Waals surface area (Å²) in [4.78, 5) is 24.2. The number of aryl methyl sites for hydroxylation is 1. The Morgan fingerprint density at radius 3 is 2.53 bits per heavy atom. The Kier molecular flexibility index (Phi) is 11.0. The van der Waals surface area contributed by atoms with Gasteiger partial charge in [0, 0.05) is 18.1 Å². The standard InChI is InChI=1S/C34H34F3N5O3S2/c1-22(2)28-17-16-27(44-3)19-29(28)42-31(43)20-47-33(42)39-30(46)11-6-4-5-8-23-9-7-10-24(18-23)32-38-21-41(40-32)25-12-14-26(15-13-25)45-34(35,36)37/h7,9-10,12-19,21-22H,4-6,8,11,20H2,1-3H3. The smallest absolute Gasteiger partial charge is 0.497 e. The maximum atomic E-state index is 12.9. The highest BCUT2D eigenvalue weighted by molar-refractivity contribution is 8.15. The lowest BCUT2D eigenvalue weighted by atomic mass is 10.00. The Balaban J connectivity index is 1.13. The molecule has 0 bridgehead atoms. The van der Waals surface area contributed by atoms with Crippen LogP contribution in [0.5, 0.6) is 11.5 Å². The highest BCUT2D eigenvalue weighted by atomic mass is 32.2. The molecule has 0 N–H and O–H groups in total. The van der Waals surface area contributed by atoms with E-state index in [0.717, 1.165) is 48.1 Å². The average molecular weight is 682 g/mol. The Morgan fingerprint density at radius 2 is 1.81 bits per heavy atom. The first-order chi connectivity index (χ1) is 22.5. The van der Waals surface area contributed by atoms with E-state index in [9.17, 15) is 18.0 Å². The van der Waals surface area contributed by atoms with Crippen molar-refractivity contribution in [2.75, 3.05) is 17.8 Å². The number of methoxy groups -OCH3 is 1. The van der Waals surface area contributed by atoms with Gasteiger partial charge in [0.15, 0.2) is 11.0 Å². The topological polar surface area (TPSA) is 81.8 Å². The third-order valence-electron chi connectivity index (χ3n) is 7.45. The van der Waals surface area contributed by atoms with E-state index < -0.39 is 6.36 Å². The van der Waals surface area contributed by atoms with Crippen molar-refractivity contribution in [3.63, 3.8) is 0 Å². The van der Waals surface area contributed by atoms with Gasteiger partial charge in [0.05, 0.1) is 24.2 Å². The molecule has 1 saturated heterocycles. The molecule has 2 heterocycles. The van der Waals surface area contributed by atoms with Crippen LogP contribution in [0.15, 0.2) is 78.0 Å². The largest absolute Gasteiger partial charge is 0.573 e. The van der Waals surface area contributed by atoms with Crippen molar-refractivity contribution in [3.8, 4) is 28.6 Å². The maximum absolute atomic E-state index is 12.9. The number of nitrogens with zero attached hydrogens (tertiary/aromatic N) is 5. The third-order valence-corrected chi connectivity index (χ3v) is 8.67. The van der Waals surface area contributed by atoms with E-state index >= 15 is 0 Å². The Morgan fingerprint density at radius 1 is 1.04 bits per heavy atom. The monoisotopic (exact) mass is 681 g/mol. The van der Waals surface area contributed by atoms with Gasteiger partial charge < -0.3 is 9.47 Å². The van der Waals surface area contributed by atoms with Crippen LogP contribution in [0.1, 0.15) is 56.6 Å². The molecule has 47 heavy (non-hydrogen) atoms. The van der Waals surface area contributed by atoms with Crippen molar-refractivity contribution in [1.82, 2.24) is 14.8 Å². The normalized spacial score (nSPS) is 14.3. The summed E-state index contributed by atoms with van der Waals surface area (Å²) >= 11 is 7.02. The number of aromatic nitrogens is 3. The molecule has 4 aromatic rings. The van der Waals surface area contributed by atoms with E-state index in [-0.39, 0.29) is 17.6 Å². The number of alkyl halides is 3. The van der Waals surface area contributed by atoms with Crippen molar-refractivity contribution in [1.29, 1.82) is 0 Å². The molecule has 0 aliphatic carbocycles. The number of carbonyl (C=O) groups excluding carboxylic acids is 1. The number of ether oxygens (including phenoxy) is 2. The Hall–Kier alpha value is -4.23. The second-order valence-corrected chi connectivity index (χ2v) is 12.6. The first kappa shape index (κ1) is 34.1. The van der Waals surface area contributed by atoms with E-state index in [4.69, 9.17) is 21.9 Å². The summed E-state index contributed by atoms with van der Waals surface area (Å²) in [7, 11) is 1.61. The summed E-state index contributed by atoms with van der Waals surface area (Å²) in [6.45, 7) is 4.18. The predicted molar refractivity (Wildman–Crippen MR) is 183 cm³/mol. The number of anilines is 1. The number of thiocarbonyl (C=S) groups is 1. The molecule has 0 spiro atoms. The molecule has 3 aromatic carbocycles. The van der Waals surface area contributed by atoms with Crippen molar-refractivity contribution in [3.05, 3.63) is 84.2 Å². The quantitative estimate of drug-likeness (QED) is 0.110. The van der Waals surface area contributed by atoms with Gasteiger partial charge in [-0.1, -0.05) is 68.5 Å². The lowest BCUT2D eigenvalue weighted by molar-refractivity contribution is -0.274. The maximum Gasteiger partial charge on any atom is 0.573 e. The number of aliphatic imine (C=N–C) groups is 1.